The fourth-order valence-corrected chi connectivity index (χ4v) is 1.85. The summed E-state index contributed by atoms with van der Waals surface area (Å²) >= 11 is 5.79. The molecule has 0 aromatic heterocycles. The van der Waals surface area contributed by atoms with Gasteiger partial charge < -0.3 is 5.32 Å². The molecule has 4 heteroatoms. The summed E-state index contributed by atoms with van der Waals surface area (Å²) in [6, 6.07) is 8.84. The van der Waals surface area contributed by atoms with Gasteiger partial charge >= 0.3 is 0 Å². The maximum absolute atomic E-state index is 13.5. The smallest absolute Gasteiger partial charge is 0.146 e. The SMILES string of the molecule is Cc1cc(F)ccc1CNc1cc(Cl)ccc1F. The number of hydrogen-bond donors (Lipinski definition) is 1. The molecule has 0 spiro atoms. The highest BCUT2D eigenvalue weighted by Gasteiger charge is 2.04. The lowest BCUT2D eigenvalue weighted by atomic mass is 10.1. The van der Waals surface area contributed by atoms with Crippen LogP contribution in [0.2, 0.25) is 5.02 Å². The van der Waals surface area contributed by atoms with Crippen LogP contribution >= 0.6 is 11.6 Å². The van der Waals surface area contributed by atoms with Crippen LogP contribution < -0.4 is 5.32 Å². The molecule has 2 rings (SSSR count). The number of nitrogens with one attached hydrogen (secondary N) is 1. The van der Waals surface area contributed by atoms with E-state index in [4.69, 9.17) is 11.6 Å². The quantitative estimate of drug-likeness (QED) is 0.861. The second-order valence-electron chi connectivity index (χ2n) is 4.05. The summed E-state index contributed by atoms with van der Waals surface area (Å²) in [6.45, 7) is 2.23. The van der Waals surface area contributed by atoms with E-state index >= 15 is 0 Å². The van der Waals surface area contributed by atoms with Crippen LogP contribution in [0.5, 0.6) is 0 Å². The zero-order valence-electron chi connectivity index (χ0n) is 9.81. The average Bonchev–Trinajstić information content (AvgIpc) is 2.32. The highest BCUT2D eigenvalue weighted by molar-refractivity contribution is 6.30. The number of hydrogen-bond acceptors (Lipinski definition) is 1. The van der Waals surface area contributed by atoms with E-state index in [1.807, 2.05) is 6.92 Å². The molecule has 0 radical (unpaired) electrons. The molecule has 1 N–H and O–H groups in total. The lowest BCUT2D eigenvalue weighted by Crippen LogP contribution is -2.03. The van der Waals surface area contributed by atoms with Gasteiger partial charge in [-0.05, 0) is 48.4 Å². The third-order valence-electron chi connectivity index (χ3n) is 2.70. The van der Waals surface area contributed by atoms with E-state index in [1.165, 1.54) is 30.3 Å². The Hall–Kier alpha value is -1.61. The summed E-state index contributed by atoms with van der Waals surface area (Å²) in [4.78, 5) is 0. The van der Waals surface area contributed by atoms with E-state index in [0.29, 0.717) is 17.3 Å². The normalized spacial score (nSPS) is 10.4. The van der Waals surface area contributed by atoms with Crippen molar-refractivity contribution in [2.45, 2.75) is 13.5 Å². The Bertz CT molecular complexity index is 570. The number of anilines is 1. The maximum Gasteiger partial charge on any atom is 0.146 e. The van der Waals surface area contributed by atoms with Gasteiger partial charge in [-0.3, -0.25) is 0 Å². The molecule has 0 aliphatic rings. The van der Waals surface area contributed by atoms with Crippen molar-refractivity contribution in [3.63, 3.8) is 0 Å². The molecule has 0 saturated heterocycles. The molecule has 0 aliphatic heterocycles. The van der Waals surface area contributed by atoms with E-state index in [1.54, 1.807) is 6.07 Å². The van der Waals surface area contributed by atoms with Gasteiger partial charge in [0.15, 0.2) is 0 Å². The van der Waals surface area contributed by atoms with Crippen molar-refractivity contribution in [1.82, 2.24) is 0 Å². The van der Waals surface area contributed by atoms with Crippen LogP contribution in [0.25, 0.3) is 0 Å². The molecule has 94 valence electrons. The first-order chi connectivity index (χ1) is 8.56. The summed E-state index contributed by atoms with van der Waals surface area (Å²) in [5.41, 5.74) is 2.08. The lowest BCUT2D eigenvalue weighted by molar-refractivity contribution is 0.625. The van der Waals surface area contributed by atoms with Crippen LogP contribution in [0.1, 0.15) is 11.1 Å². The van der Waals surface area contributed by atoms with Crippen LogP contribution in [-0.4, -0.2) is 0 Å². The number of rotatable bonds is 3. The van der Waals surface area contributed by atoms with Gasteiger partial charge in [0.05, 0.1) is 5.69 Å². The molecule has 0 fully saturated rings. The van der Waals surface area contributed by atoms with Gasteiger partial charge in [-0.15, -0.1) is 0 Å². The Labute approximate surface area is 109 Å². The predicted molar refractivity (Wildman–Crippen MR) is 69.9 cm³/mol. The Kier molecular flexibility index (Phi) is 3.82. The van der Waals surface area contributed by atoms with Gasteiger partial charge in [0.1, 0.15) is 11.6 Å². The Morgan fingerprint density at radius 2 is 1.89 bits per heavy atom. The van der Waals surface area contributed by atoms with Gasteiger partial charge in [-0.1, -0.05) is 17.7 Å². The molecular weight excluding hydrogens is 256 g/mol. The fraction of sp³-hybridized carbons (Fsp3) is 0.143. The number of benzene rings is 2. The van der Waals surface area contributed by atoms with Crippen molar-refractivity contribution in [1.29, 1.82) is 0 Å². The van der Waals surface area contributed by atoms with Crippen LogP contribution in [0.4, 0.5) is 14.5 Å². The maximum atomic E-state index is 13.5. The minimum Gasteiger partial charge on any atom is -0.379 e. The zero-order chi connectivity index (χ0) is 13.1. The minimum atomic E-state index is -0.362. The highest BCUT2D eigenvalue weighted by atomic mass is 35.5. The molecule has 0 amide bonds. The van der Waals surface area contributed by atoms with Gasteiger partial charge in [0.2, 0.25) is 0 Å². The first-order valence-corrected chi connectivity index (χ1v) is 5.88. The van der Waals surface area contributed by atoms with Crippen molar-refractivity contribution in [2.24, 2.45) is 0 Å². The summed E-state index contributed by atoms with van der Waals surface area (Å²) in [7, 11) is 0. The van der Waals surface area contributed by atoms with E-state index < -0.39 is 0 Å². The second-order valence-corrected chi connectivity index (χ2v) is 4.48. The van der Waals surface area contributed by atoms with Crippen molar-refractivity contribution in [2.75, 3.05) is 5.32 Å². The summed E-state index contributed by atoms with van der Waals surface area (Å²) < 4.78 is 26.4. The molecule has 0 aliphatic carbocycles. The van der Waals surface area contributed by atoms with E-state index in [9.17, 15) is 8.78 Å². The Morgan fingerprint density at radius 1 is 1.11 bits per heavy atom. The molecule has 18 heavy (non-hydrogen) atoms. The first-order valence-electron chi connectivity index (χ1n) is 5.50. The standard InChI is InChI=1S/C14H12ClF2N/c1-9-6-12(16)4-2-10(9)8-18-14-7-11(15)3-5-13(14)17/h2-7,18H,8H2,1H3. The highest BCUT2D eigenvalue weighted by Crippen LogP contribution is 2.21. The van der Waals surface area contributed by atoms with Gasteiger partial charge in [-0.25, -0.2) is 8.78 Å². The summed E-state index contributed by atoms with van der Waals surface area (Å²) in [5, 5.41) is 3.42. The Morgan fingerprint density at radius 3 is 2.61 bits per heavy atom. The van der Waals surface area contributed by atoms with Crippen LogP contribution in [-0.2, 0) is 6.54 Å². The monoisotopic (exact) mass is 267 g/mol. The molecule has 2 aromatic rings. The van der Waals surface area contributed by atoms with Gasteiger partial charge in [0.25, 0.3) is 0 Å². The van der Waals surface area contributed by atoms with Crippen molar-refractivity contribution < 1.29 is 8.78 Å². The minimum absolute atomic E-state index is 0.273. The average molecular weight is 268 g/mol. The first kappa shape index (κ1) is 12.8. The van der Waals surface area contributed by atoms with Crippen molar-refractivity contribution >= 4 is 17.3 Å². The van der Waals surface area contributed by atoms with E-state index in [0.717, 1.165) is 11.1 Å². The molecule has 0 saturated carbocycles. The Balaban J connectivity index is 2.13. The summed E-state index contributed by atoms with van der Waals surface area (Å²) in [5.74, 6) is -0.635. The second kappa shape index (κ2) is 5.36. The molecule has 0 bridgehead atoms. The van der Waals surface area contributed by atoms with Crippen LogP contribution in [0, 0.1) is 18.6 Å². The molecule has 0 atom stereocenters. The van der Waals surface area contributed by atoms with Crippen molar-refractivity contribution in [3.05, 3.63) is 64.2 Å². The van der Waals surface area contributed by atoms with Crippen LogP contribution in [0.15, 0.2) is 36.4 Å². The fourth-order valence-electron chi connectivity index (χ4n) is 1.68. The largest absolute Gasteiger partial charge is 0.379 e. The van der Waals surface area contributed by atoms with Crippen molar-refractivity contribution in [3.8, 4) is 0 Å². The lowest BCUT2D eigenvalue weighted by Gasteiger charge is -2.10. The molecular formula is C14H12ClF2N. The van der Waals surface area contributed by atoms with Gasteiger partial charge in [0, 0.05) is 11.6 Å². The third-order valence-corrected chi connectivity index (χ3v) is 2.94. The molecule has 2 aromatic carbocycles. The predicted octanol–water partition coefficient (Wildman–Crippen LogP) is 4.54. The topological polar surface area (TPSA) is 12.0 Å². The number of halogens is 3. The third kappa shape index (κ3) is 2.99. The molecule has 1 nitrogen and oxygen atoms in total. The van der Waals surface area contributed by atoms with Crippen LogP contribution in [0.3, 0.4) is 0 Å². The van der Waals surface area contributed by atoms with Gasteiger partial charge in [-0.2, -0.15) is 0 Å². The van der Waals surface area contributed by atoms with E-state index in [2.05, 4.69) is 5.32 Å². The number of aryl methyl sites for hydroxylation is 1. The molecule has 0 heterocycles. The molecule has 0 unspecified atom stereocenters. The zero-order valence-corrected chi connectivity index (χ0v) is 10.6. The summed E-state index contributed by atoms with van der Waals surface area (Å²) in [6.07, 6.45) is 0. The van der Waals surface area contributed by atoms with E-state index in [-0.39, 0.29) is 11.6 Å².